The molecule has 0 aromatic carbocycles. The van der Waals surface area contributed by atoms with Gasteiger partial charge in [0.25, 0.3) is 0 Å². The standard InChI is InChI=1S/C18H32N2O3.C2HF3O2/c1-19(2)11-17(21)20-10-16-4-3-7-18(16,13-20)14-23-12-15-5-8-22-9-6-15;3-2(4,5)1(6)7/h15-16H,3-14H2,1-2H3;(H,6,7)/t16-,18+;/m1./s1. The van der Waals surface area contributed by atoms with Gasteiger partial charge in [0.05, 0.1) is 13.2 Å². The molecule has 3 aliphatic rings. The maximum atomic E-state index is 12.4. The van der Waals surface area contributed by atoms with Gasteiger partial charge in [-0.2, -0.15) is 13.2 Å². The molecule has 2 aliphatic heterocycles. The maximum absolute atomic E-state index is 12.4. The lowest BCUT2D eigenvalue weighted by Crippen LogP contribution is -2.39. The summed E-state index contributed by atoms with van der Waals surface area (Å²) in [5, 5.41) is 7.12. The summed E-state index contributed by atoms with van der Waals surface area (Å²) in [5.41, 5.74) is 0.229. The molecular formula is C20H33F3N2O5. The van der Waals surface area contributed by atoms with Crippen LogP contribution in [0.4, 0.5) is 13.2 Å². The molecule has 1 N–H and O–H groups in total. The number of hydrogen-bond donors (Lipinski definition) is 1. The second-order valence-corrected chi connectivity index (χ2v) is 8.84. The van der Waals surface area contributed by atoms with Crippen LogP contribution in [-0.4, -0.2) is 93.1 Å². The van der Waals surface area contributed by atoms with E-state index in [1.54, 1.807) is 0 Å². The van der Waals surface area contributed by atoms with E-state index in [9.17, 15) is 18.0 Å². The average Bonchev–Trinajstić information content (AvgIpc) is 3.19. The molecule has 10 heteroatoms. The predicted octanol–water partition coefficient (Wildman–Crippen LogP) is 2.25. The third kappa shape index (κ3) is 7.09. The van der Waals surface area contributed by atoms with Crippen molar-refractivity contribution in [1.29, 1.82) is 0 Å². The molecule has 0 bridgehead atoms. The van der Waals surface area contributed by atoms with Crippen molar-refractivity contribution < 1.29 is 37.3 Å². The number of amides is 1. The van der Waals surface area contributed by atoms with E-state index in [4.69, 9.17) is 19.4 Å². The Hall–Kier alpha value is -1.39. The smallest absolute Gasteiger partial charge is 0.475 e. The van der Waals surface area contributed by atoms with Crippen molar-refractivity contribution in [3.63, 3.8) is 0 Å². The average molecular weight is 438 g/mol. The van der Waals surface area contributed by atoms with Gasteiger partial charge in [0.1, 0.15) is 0 Å². The van der Waals surface area contributed by atoms with Crippen molar-refractivity contribution in [2.75, 3.05) is 60.2 Å². The molecule has 0 spiro atoms. The molecule has 0 unspecified atom stereocenters. The molecule has 3 fully saturated rings. The van der Waals surface area contributed by atoms with E-state index in [-0.39, 0.29) is 11.3 Å². The molecule has 0 radical (unpaired) electrons. The number of rotatable bonds is 6. The SMILES string of the molecule is CN(C)CC(=O)N1C[C@H]2CCC[C@@]2(COCC2CCOCC2)C1.O=C(O)C(F)(F)F. The summed E-state index contributed by atoms with van der Waals surface area (Å²) in [5.74, 6) is -1.18. The van der Waals surface area contributed by atoms with Crippen LogP contribution in [0.1, 0.15) is 32.1 Å². The number of hydrogen-bond acceptors (Lipinski definition) is 5. The van der Waals surface area contributed by atoms with Crippen LogP contribution in [0.15, 0.2) is 0 Å². The fourth-order valence-electron chi connectivity index (χ4n) is 4.55. The fraction of sp³-hybridized carbons (Fsp3) is 0.900. The summed E-state index contributed by atoms with van der Waals surface area (Å²) in [4.78, 5) is 25.3. The van der Waals surface area contributed by atoms with Crippen molar-refractivity contribution in [1.82, 2.24) is 9.80 Å². The minimum absolute atomic E-state index is 0.229. The molecular weight excluding hydrogens is 405 g/mol. The van der Waals surface area contributed by atoms with E-state index in [0.717, 1.165) is 52.4 Å². The highest BCUT2D eigenvalue weighted by Gasteiger charge is 2.50. The summed E-state index contributed by atoms with van der Waals surface area (Å²) in [6.45, 7) is 5.82. The van der Waals surface area contributed by atoms with Gasteiger partial charge < -0.3 is 24.4 Å². The lowest BCUT2D eigenvalue weighted by atomic mass is 9.81. The Kier molecular flexibility index (Phi) is 8.93. The molecule has 2 atom stereocenters. The molecule has 1 aliphatic carbocycles. The number of alkyl halides is 3. The number of aliphatic carboxylic acids is 1. The molecule has 7 nitrogen and oxygen atoms in total. The van der Waals surface area contributed by atoms with Crippen molar-refractivity contribution in [3.05, 3.63) is 0 Å². The first-order valence-corrected chi connectivity index (χ1v) is 10.4. The first kappa shape index (κ1) is 24.9. The first-order chi connectivity index (χ1) is 14.0. The number of carboxylic acid groups (broad SMARTS) is 1. The summed E-state index contributed by atoms with van der Waals surface area (Å²) in [6, 6.07) is 0. The molecule has 3 rings (SSSR count). The minimum atomic E-state index is -5.08. The van der Waals surface area contributed by atoms with Gasteiger partial charge in [-0.3, -0.25) is 4.79 Å². The lowest BCUT2D eigenvalue weighted by Gasteiger charge is -2.30. The Bertz CT molecular complexity index is 581. The minimum Gasteiger partial charge on any atom is -0.475 e. The zero-order valence-electron chi connectivity index (χ0n) is 17.7. The first-order valence-electron chi connectivity index (χ1n) is 10.4. The summed E-state index contributed by atoms with van der Waals surface area (Å²) in [6.07, 6.45) is 0.943. The molecule has 2 saturated heterocycles. The Morgan fingerprint density at radius 2 is 1.87 bits per heavy atom. The fourth-order valence-corrected chi connectivity index (χ4v) is 4.55. The third-order valence-corrected chi connectivity index (χ3v) is 6.17. The Morgan fingerprint density at radius 3 is 2.43 bits per heavy atom. The van der Waals surface area contributed by atoms with E-state index < -0.39 is 12.1 Å². The summed E-state index contributed by atoms with van der Waals surface area (Å²) in [7, 11) is 3.92. The van der Waals surface area contributed by atoms with Crippen molar-refractivity contribution >= 4 is 11.9 Å². The number of nitrogens with zero attached hydrogens (tertiary/aromatic N) is 2. The van der Waals surface area contributed by atoms with Crippen LogP contribution in [0, 0.1) is 17.3 Å². The molecule has 2 heterocycles. The normalized spacial score (nSPS) is 27.0. The van der Waals surface area contributed by atoms with Gasteiger partial charge in [-0.25, -0.2) is 4.79 Å². The van der Waals surface area contributed by atoms with Crippen LogP contribution in [0.25, 0.3) is 0 Å². The second kappa shape index (κ2) is 10.8. The van der Waals surface area contributed by atoms with Gasteiger partial charge in [-0.05, 0) is 51.6 Å². The van der Waals surface area contributed by atoms with Crippen molar-refractivity contribution in [2.24, 2.45) is 17.3 Å². The molecule has 174 valence electrons. The van der Waals surface area contributed by atoms with Crippen LogP contribution < -0.4 is 0 Å². The van der Waals surface area contributed by atoms with Crippen LogP contribution in [-0.2, 0) is 19.1 Å². The van der Waals surface area contributed by atoms with Crippen LogP contribution >= 0.6 is 0 Å². The Labute approximate surface area is 175 Å². The quantitative estimate of drug-likeness (QED) is 0.685. The van der Waals surface area contributed by atoms with E-state index >= 15 is 0 Å². The van der Waals surface area contributed by atoms with E-state index in [1.165, 1.54) is 19.3 Å². The number of carboxylic acids is 1. The summed E-state index contributed by atoms with van der Waals surface area (Å²) < 4.78 is 43.3. The van der Waals surface area contributed by atoms with Crippen molar-refractivity contribution in [2.45, 2.75) is 38.3 Å². The number of carbonyl (C=O) groups excluding carboxylic acids is 1. The van der Waals surface area contributed by atoms with Gasteiger partial charge in [-0.15, -0.1) is 0 Å². The van der Waals surface area contributed by atoms with Gasteiger partial charge in [0.2, 0.25) is 5.91 Å². The highest BCUT2D eigenvalue weighted by Crippen LogP contribution is 2.49. The molecule has 1 saturated carbocycles. The van der Waals surface area contributed by atoms with Crippen molar-refractivity contribution in [3.8, 4) is 0 Å². The number of likely N-dealkylation sites (N-methyl/N-ethyl adjacent to an activating group) is 1. The van der Waals surface area contributed by atoms with E-state index in [1.807, 2.05) is 19.0 Å². The van der Waals surface area contributed by atoms with Crippen LogP contribution in [0.2, 0.25) is 0 Å². The Balaban J connectivity index is 0.000000396. The van der Waals surface area contributed by atoms with Gasteiger partial charge in [0, 0.05) is 38.3 Å². The number of ether oxygens (including phenoxy) is 2. The largest absolute Gasteiger partial charge is 0.490 e. The second-order valence-electron chi connectivity index (χ2n) is 8.84. The predicted molar refractivity (Wildman–Crippen MR) is 103 cm³/mol. The topological polar surface area (TPSA) is 79.3 Å². The molecule has 0 aromatic heterocycles. The third-order valence-electron chi connectivity index (χ3n) is 6.17. The zero-order valence-corrected chi connectivity index (χ0v) is 17.7. The van der Waals surface area contributed by atoms with Crippen LogP contribution in [0.5, 0.6) is 0 Å². The highest BCUT2D eigenvalue weighted by molar-refractivity contribution is 5.78. The zero-order chi connectivity index (χ0) is 22.4. The molecule has 1 amide bonds. The summed E-state index contributed by atoms with van der Waals surface area (Å²) >= 11 is 0. The number of halogens is 3. The number of fused-ring (bicyclic) bond motifs is 1. The van der Waals surface area contributed by atoms with Gasteiger partial charge in [0.15, 0.2) is 0 Å². The number of likely N-dealkylation sites (tertiary alicyclic amines) is 1. The van der Waals surface area contributed by atoms with Crippen LogP contribution in [0.3, 0.4) is 0 Å². The monoisotopic (exact) mass is 438 g/mol. The Morgan fingerprint density at radius 1 is 1.23 bits per heavy atom. The molecule has 30 heavy (non-hydrogen) atoms. The molecule has 0 aromatic rings. The van der Waals surface area contributed by atoms with Gasteiger partial charge >= 0.3 is 12.1 Å². The number of carbonyl (C=O) groups is 2. The van der Waals surface area contributed by atoms with E-state index in [0.29, 0.717) is 18.4 Å². The maximum Gasteiger partial charge on any atom is 0.490 e. The highest BCUT2D eigenvalue weighted by atomic mass is 19.4. The lowest BCUT2D eigenvalue weighted by molar-refractivity contribution is -0.192. The van der Waals surface area contributed by atoms with Gasteiger partial charge in [-0.1, -0.05) is 6.42 Å². The van der Waals surface area contributed by atoms with E-state index in [2.05, 4.69) is 4.90 Å².